The maximum atomic E-state index is 10.0. The summed E-state index contributed by atoms with van der Waals surface area (Å²) < 4.78 is 0. The highest BCUT2D eigenvalue weighted by molar-refractivity contribution is 5.51. The van der Waals surface area contributed by atoms with Crippen LogP contribution in [0.15, 0.2) is 18.2 Å². The number of carbonyl (C=O) groups excluding carboxylic acids is 1. The average Bonchev–Trinajstić information content (AvgIpc) is 1.99. The van der Waals surface area contributed by atoms with Crippen molar-refractivity contribution in [2.45, 2.75) is 26.7 Å². The zero-order chi connectivity index (χ0) is 8.97. The first-order valence-electron chi connectivity index (χ1n) is 4.14. The zero-order valence-corrected chi connectivity index (χ0v) is 7.55. The molecule has 1 heteroatoms. The molecular weight excluding hydrogens is 148 g/mol. The van der Waals surface area contributed by atoms with Gasteiger partial charge < -0.3 is 0 Å². The Balaban J connectivity index is 2.78. The molecule has 0 unspecified atom stereocenters. The molecule has 0 amide bonds. The van der Waals surface area contributed by atoms with Crippen molar-refractivity contribution >= 4 is 6.29 Å². The van der Waals surface area contributed by atoms with Crippen LogP contribution in [-0.4, -0.2) is 6.29 Å². The number of hydrogen-bond donors (Lipinski definition) is 0. The van der Waals surface area contributed by atoms with Gasteiger partial charge in [-0.15, -0.1) is 0 Å². The summed E-state index contributed by atoms with van der Waals surface area (Å²) in [6.07, 6.45) is 3.22. The maximum absolute atomic E-state index is 10.0. The Morgan fingerprint density at radius 1 is 1.17 bits per heavy atom. The molecule has 0 saturated heterocycles. The van der Waals surface area contributed by atoms with Gasteiger partial charge in [0.2, 0.25) is 0 Å². The first-order chi connectivity index (χ1) is 5.72. The topological polar surface area (TPSA) is 17.1 Å². The summed E-state index contributed by atoms with van der Waals surface area (Å²) in [7, 11) is 0. The predicted octanol–water partition coefficient (Wildman–Crippen LogP) is 2.35. The van der Waals surface area contributed by atoms with Gasteiger partial charge in [-0.2, -0.15) is 0 Å². The van der Waals surface area contributed by atoms with Crippen LogP contribution in [0, 0.1) is 13.8 Å². The molecule has 1 rings (SSSR count). The van der Waals surface area contributed by atoms with Gasteiger partial charge in [0.15, 0.2) is 6.29 Å². The Morgan fingerprint density at radius 2 is 1.75 bits per heavy atom. The van der Waals surface area contributed by atoms with Gasteiger partial charge in [0.05, 0.1) is 0 Å². The van der Waals surface area contributed by atoms with Gasteiger partial charge in [-0.25, -0.2) is 0 Å². The van der Waals surface area contributed by atoms with Crippen LogP contribution >= 0.6 is 0 Å². The van der Waals surface area contributed by atoms with Gasteiger partial charge in [0, 0.05) is 6.42 Å². The van der Waals surface area contributed by atoms with Crippen LogP contribution in [0.1, 0.15) is 23.1 Å². The molecule has 0 aliphatic carbocycles. The summed E-state index contributed by atoms with van der Waals surface area (Å²) >= 11 is 0. The first-order valence-corrected chi connectivity index (χ1v) is 4.14. The van der Waals surface area contributed by atoms with Crippen molar-refractivity contribution in [1.82, 2.24) is 0 Å². The Hall–Kier alpha value is -1.11. The largest absolute Gasteiger partial charge is 0.291 e. The molecule has 0 fully saturated rings. The summed E-state index contributed by atoms with van der Waals surface area (Å²) in [5.41, 5.74) is 3.75. The molecule has 0 aliphatic rings. The van der Waals surface area contributed by atoms with Crippen LogP contribution < -0.4 is 0 Å². The Morgan fingerprint density at radius 3 is 2.25 bits per heavy atom. The van der Waals surface area contributed by atoms with Crippen molar-refractivity contribution in [3.8, 4) is 0 Å². The molecule has 1 aromatic carbocycles. The number of hydrogen-bond acceptors (Lipinski definition) is 1. The van der Waals surface area contributed by atoms with E-state index in [4.69, 9.17) is 0 Å². The Labute approximate surface area is 73.4 Å². The van der Waals surface area contributed by atoms with Crippen LogP contribution in [0.25, 0.3) is 0 Å². The van der Waals surface area contributed by atoms with Crippen molar-refractivity contribution in [2.75, 3.05) is 0 Å². The third-order valence-corrected chi connectivity index (χ3v) is 1.80. The lowest BCUT2D eigenvalue weighted by Gasteiger charge is -2.01. The molecule has 0 spiro atoms. The SMILES string of the molecule is Cc1cc(C)cc(CC[C]=O)c1. The number of aryl methyl sites for hydroxylation is 3. The summed E-state index contributed by atoms with van der Waals surface area (Å²) in [6, 6.07) is 6.36. The average molecular weight is 161 g/mol. The van der Waals surface area contributed by atoms with Crippen LogP contribution in [0.2, 0.25) is 0 Å². The Bertz CT molecular complexity index is 256. The predicted molar refractivity (Wildman–Crippen MR) is 49.9 cm³/mol. The van der Waals surface area contributed by atoms with E-state index in [1.54, 1.807) is 0 Å². The minimum Gasteiger partial charge on any atom is -0.291 e. The minimum atomic E-state index is 0.503. The van der Waals surface area contributed by atoms with Crippen LogP contribution in [-0.2, 0) is 11.2 Å². The van der Waals surface area contributed by atoms with E-state index in [0.717, 1.165) is 6.42 Å². The van der Waals surface area contributed by atoms with E-state index in [1.807, 2.05) is 6.29 Å². The van der Waals surface area contributed by atoms with Crippen molar-refractivity contribution in [1.29, 1.82) is 0 Å². The number of rotatable bonds is 3. The molecule has 0 saturated carbocycles. The van der Waals surface area contributed by atoms with Crippen molar-refractivity contribution in [2.24, 2.45) is 0 Å². The zero-order valence-electron chi connectivity index (χ0n) is 7.55. The van der Waals surface area contributed by atoms with Crippen molar-refractivity contribution in [3.05, 3.63) is 34.9 Å². The van der Waals surface area contributed by atoms with E-state index < -0.39 is 0 Å². The van der Waals surface area contributed by atoms with Gasteiger partial charge in [0.25, 0.3) is 0 Å². The Kier molecular flexibility index (Phi) is 3.03. The lowest BCUT2D eigenvalue weighted by molar-refractivity contribution is 0.551. The van der Waals surface area contributed by atoms with Crippen molar-refractivity contribution < 1.29 is 4.79 Å². The summed E-state index contributed by atoms with van der Waals surface area (Å²) in [5.74, 6) is 0. The summed E-state index contributed by atoms with van der Waals surface area (Å²) in [5, 5.41) is 0. The molecule has 0 atom stereocenters. The van der Waals surface area contributed by atoms with E-state index in [1.165, 1.54) is 16.7 Å². The van der Waals surface area contributed by atoms with E-state index in [9.17, 15) is 4.79 Å². The van der Waals surface area contributed by atoms with Gasteiger partial charge in [-0.05, 0) is 25.8 Å². The highest BCUT2D eigenvalue weighted by atomic mass is 16.1. The van der Waals surface area contributed by atoms with E-state index in [-0.39, 0.29) is 0 Å². The van der Waals surface area contributed by atoms with Crippen LogP contribution in [0.3, 0.4) is 0 Å². The van der Waals surface area contributed by atoms with Gasteiger partial charge in [0.1, 0.15) is 0 Å². The normalized spacial score (nSPS) is 9.83. The molecule has 0 aliphatic heterocycles. The van der Waals surface area contributed by atoms with E-state index in [0.29, 0.717) is 6.42 Å². The van der Waals surface area contributed by atoms with E-state index in [2.05, 4.69) is 32.0 Å². The molecule has 0 N–H and O–H groups in total. The fourth-order valence-electron chi connectivity index (χ4n) is 1.41. The smallest absolute Gasteiger partial charge is 0.198 e. The van der Waals surface area contributed by atoms with Crippen LogP contribution in [0.5, 0.6) is 0 Å². The highest BCUT2D eigenvalue weighted by Gasteiger charge is 1.95. The van der Waals surface area contributed by atoms with Crippen molar-refractivity contribution in [3.63, 3.8) is 0 Å². The van der Waals surface area contributed by atoms with Gasteiger partial charge in [-0.3, -0.25) is 4.79 Å². The van der Waals surface area contributed by atoms with E-state index >= 15 is 0 Å². The van der Waals surface area contributed by atoms with Gasteiger partial charge >= 0.3 is 0 Å². The maximum Gasteiger partial charge on any atom is 0.198 e. The highest BCUT2D eigenvalue weighted by Crippen LogP contribution is 2.09. The summed E-state index contributed by atoms with van der Waals surface area (Å²) in [4.78, 5) is 10.0. The third kappa shape index (κ3) is 2.50. The third-order valence-electron chi connectivity index (χ3n) is 1.80. The lowest BCUT2D eigenvalue weighted by Crippen LogP contribution is -1.88. The second kappa shape index (κ2) is 4.05. The second-order valence-corrected chi connectivity index (χ2v) is 3.14. The molecule has 0 aromatic heterocycles. The molecule has 1 aromatic rings. The van der Waals surface area contributed by atoms with Crippen LogP contribution in [0.4, 0.5) is 0 Å². The molecule has 12 heavy (non-hydrogen) atoms. The fourth-order valence-corrected chi connectivity index (χ4v) is 1.41. The molecule has 63 valence electrons. The fraction of sp³-hybridized carbons (Fsp3) is 0.364. The number of benzene rings is 1. The minimum absolute atomic E-state index is 0.503. The first kappa shape index (κ1) is 8.98. The molecular formula is C11H13O. The standard InChI is InChI=1S/C11H13O/c1-9-6-10(2)8-11(7-9)4-3-5-12/h6-8H,3-4H2,1-2H3. The lowest BCUT2D eigenvalue weighted by atomic mass is 10.0. The molecule has 0 bridgehead atoms. The second-order valence-electron chi connectivity index (χ2n) is 3.14. The quantitative estimate of drug-likeness (QED) is 0.665. The molecule has 0 heterocycles. The molecule has 1 nitrogen and oxygen atoms in total. The summed E-state index contributed by atoms with van der Waals surface area (Å²) in [6.45, 7) is 4.14. The monoisotopic (exact) mass is 161 g/mol. The van der Waals surface area contributed by atoms with Gasteiger partial charge in [-0.1, -0.05) is 29.3 Å². The molecule has 1 radical (unpaired) electrons.